The Kier molecular flexibility index (Phi) is 6.33. The first-order chi connectivity index (χ1) is 13.9. The summed E-state index contributed by atoms with van der Waals surface area (Å²) in [6.07, 6.45) is -0.948. The maximum atomic E-state index is 12.3. The number of carbonyl (C=O) groups excluding carboxylic acids is 3. The van der Waals surface area contributed by atoms with Gasteiger partial charge in [-0.15, -0.1) is 0 Å². The van der Waals surface area contributed by atoms with Crippen molar-refractivity contribution in [2.45, 2.75) is 26.4 Å². The number of hydrogen-bond donors (Lipinski definition) is 2. The van der Waals surface area contributed by atoms with Crippen LogP contribution in [0, 0.1) is 0 Å². The number of esters is 1. The fraction of sp³-hybridized carbons (Fsp3) is 0.286. The zero-order chi connectivity index (χ0) is 20.8. The van der Waals surface area contributed by atoms with Crippen molar-refractivity contribution >= 4 is 29.2 Å². The van der Waals surface area contributed by atoms with Crippen molar-refractivity contribution < 1.29 is 28.6 Å². The predicted molar refractivity (Wildman–Crippen MR) is 106 cm³/mol. The quantitative estimate of drug-likeness (QED) is 0.725. The number of nitrogens with one attached hydrogen (secondary N) is 2. The summed E-state index contributed by atoms with van der Waals surface area (Å²) >= 11 is 0. The van der Waals surface area contributed by atoms with E-state index < -0.39 is 18.0 Å². The van der Waals surface area contributed by atoms with Crippen LogP contribution in [-0.2, 0) is 25.5 Å². The fourth-order valence-corrected chi connectivity index (χ4v) is 2.73. The second kappa shape index (κ2) is 9.09. The van der Waals surface area contributed by atoms with E-state index in [1.54, 1.807) is 42.5 Å². The normalized spacial score (nSPS) is 13.2. The summed E-state index contributed by atoms with van der Waals surface area (Å²) in [7, 11) is 0. The van der Waals surface area contributed by atoms with Gasteiger partial charge >= 0.3 is 5.97 Å². The van der Waals surface area contributed by atoms with E-state index in [2.05, 4.69) is 10.6 Å². The smallest absolute Gasteiger partial charge is 0.311 e. The number of anilines is 2. The van der Waals surface area contributed by atoms with E-state index in [1.165, 1.54) is 13.8 Å². The molecule has 1 aliphatic heterocycles. The van der Waals surface area contributed by atoms with Gasteiger partial charge < -0.3 is 24.8 Å². The number of carbonyl (C=O) groups is 3. The minimum atomic E-state index is -0.964. The number of rotatable bonds is 6. The SMILES string of the molecule is CC(=O)Nc1ccc(CC(=O)O[C@@H](C)C(=O)Nc2ccc3c(c2)OCCO3)cc1. The van der Waals surface area contributed by atoms with Crippen molar-refractivity contribution in [3.8, 4) is 11.5 Å². The molecule has 2 aromatic rings. The van der Waals surface area contributed by atoms with Crippen molar-refractivity contribution in [3.05, 3.63) is 48.0 Å². The molecule has 8 heteroatoms. The molecule has 0 spiro atoms. The van der Waals surface area contributed by atoms with Gasteiger partial charge in [-0.2, -0.15) is 0 Å². The molecule has 0 saturated heterocycles. The Hall–Kier alpha value is -3.55. The molecule has 8 nitrogen and oxygen atoms in total. The molecule has 0 unspecified atom stereocenters. The van der Waals surface area contributed by atoms with E-state index in [-0.39, 0.29) is 12.3 Å². The largest absolute Gasteiger partial charge is 0.486 e. The molecule has 152 valence electrons. The summed E-state index contributed by atoms with van der Waals surface area (Å²) in [4.78, 5) is 35.5. The Morgan fingerprint density at radius 1 is 0.966 bits per heavy atom. The molecule has 1 atom stereocenters. The molecule has 0 saturated carbocycles. The fourth-order valence-electron chi connectivity index (χ4n) is 2.73. The summed E-state index contributed by atoms with van der Waals surface area (Å²) < 4.78 is 16.1. The standard InChI is InChI=1S/C21H22N2O6/c1-13(21(26)23-17-7-8-18-19(12-17)28-10-9-27-18)29-20(25)11-15-3-5-16(6-4-15)22-14(2)24/h3-8,12-13H,9-11H2,1-2H3,(H,22,24)(H,23,26)/t13-/m0/s1. The number of ether oxygens (including phenoxy) is 3. The molecule has 3 rings (SSSR count). The topological polar surface area (TPSA) is 103 Å². The molecule has 2 N–H and O–H groups in total. The van der Waals surface area contributed by atoms with Gasteiger partial charge in [0.25, 0.3) is 5.91 Å². The predicted octanol–water partition coefficient (Wildman–Crippen LogP) is 2.53. The summed E-state index contributed by atoms with van der Waals surface area (Å²) in [5, 5.41) is 5.34. The highest BCUT2D eigenvalue weighted by Crippen LogP contribution is 2.32. The van der Waals surface area contributed by atoms with Crippen LogP contribution in [0.1, 0.15) is 19.4 Å². The molecule has 29 heavy (non-hydrogen) atoms. The molecule has 1 aliphatic rings. The highest BCUT2D eigenvalue weighted by Gasteiger charge is 2.19. The molecular weight excluding hydrogens is 376 g/mol. The summed E-state index contributed by atoms with van der Waals surface area (Å²) in [6, 6.07) is 11.9. The monoisotopic (exact) mass is 398 g/mol. The summed E-state index contributed by atoms with van der Waals surface area (Å²) in [6.45, 7) is 3.86. The second-order valence-corrected chi connectivity index (χ2v) is 6.53. The van der Waals surface area contributed by atoms with Crippen LogP contribution >= 0.6 is 0 Å². The van der Waals surface area contributed by atoms with Crippen LogP contribution in [-0.4, -0.2) is 37.1 Å². The second-order valence-electron chi connectivity index (χ2n) is 6.53. The first kappa shape index (κ1) is 20.2. The lowest BCUT2D eigenvalue weighted by Gasteiger charge is -2.19. The van der Waals surface area contributed by atoms with Crippen molar-refractivity contribution in [1.29, 1.82) is 0 Å². The van der Waals surface area contributed by atoms with E-state index in [9.17, 15) is 14.4 Å². The van der Waals surface area contributed by atoms with Gasteiger partial charge in [0, 0.05) is 24.4 Å². The van der Waals surface area contributed by atoms with Crippen LogP contribution in [0.5, 0.6) is 11.5 Å². The Bertz CT molecular complexity index is 910. The van der Waals surface area contributed by atoms with Crippen molar-refractivity contribution in [2.75, 3.05) is 23.8 Å². The third-order valence-electron chi connectivity index (χ3n) is 4.11. The summed E-state index contributed by atoms with van der Waals surface area (Å²) in [5.74, 6) is 0.0350. The highest BCUT2D eigenvalue weighted by molar-refractivity contribution is 5.95. The highest BCUT2D eigenvalue weighted by atomic mass is 16.6. The molecule has 1 heterocycles. The zero-order valence-corrected chi connectivity index (χ0v) is 16.2. The third-order valence-corrected chi connectivity index (χ3v) is 4.11. The van der Waals surface area contributed by atoms with Crippen LogP contribution in [0.25, 0.3) is 0 Å². The van der Waals surface area contributed by atoms with Gasteiger partial charge in [-0.1, -0.05) is 12.1 Å². The van der Waals surface area contributed by atoms with E-state index in [4.69, 9.17) is 14.2 Å². The van der Waals surface area contributed by atoms with Gasteiger partial charge in [0.1, 0.15) is 13.2 Å². The average Bonchev–Trinajstić information content (AvgIpc) is 2.69. The Morgan fingerprint density at radius 2 is 1.62 bits per heavy atom. The molecule has 0 radical (unpaired) electrons. The lowest BCUT2D eigenvalue weighted by Crippen LogP contribution is -2.30. The van der Waals surface area contributed by atoms with E-state index in [1.807, 2.05) is 0 Å². The number of fused-ring (bicyclic) bond motifs is 1. The maximum absolute atomic E-state index is 12.3. The van der Waals surface area contributed by atoms with Crippen LogP contribution < -0.4 is 20.1 Å². The molecule has 2 aromatic carbocycles. The maximum Gasteiger partial charge on any atom is 0.311 e. The zero-order valence-electron chi connectivity index (χ0n) is 16.2. The molecule has 0 bridgehead atoms. The minimum Gasteiger partial charge on any atom is -0.486 e. The first-order valence-corrected chi connectivity index (χ1v) is 9.17. The lowest BCUT2D eigenvalue weighted by atomic mass is 10.1. The van der Waals surface area contributed by atoms with Crippen molar-refractivity contribution in [3.63, 3.8) is 0 Å². The van der Waals surface area contributed by atoms with Gasteiger partial charge in [-0.05, 0) is 36.8 Å². The molecule has 0 aromatic heterocycles. The van der Waals surface area contributed by atoms with Crippen LogP contribution in [0.15, 0.2) is 42.5 Å². The van der Waals surface area contributed by atoms with Gasteiger partial charge in [-0.3, -0.25) is 14.4 Å². The number of amides is 2. The van der Waals surface area contributed by atoms with Crippen molar-refractivity contribution in [2.24, 2.45) is 0 Å². The van der Waals surface area contributed by atoms with E-state index in [0.717, 1.165) is 0 Å². The van der Waals surface area contributed by atoms with Gasteiger partial charge in [0.15, 0.2) is 17.6 Å². The van der Waals surface area contributed by atoms with Crippen LogP contribution in [0.4, 0.5) is 11.4 Å². The number of hydrogen-bond acceptors (Lipinski definition) is 6. The Balaban J connectivity index is 1.51. The first-order valence-electron chi connectivity index (χ1n) is 9.17. The van der Waals surface area contributed by atoms with Crippen LogP contribution in [0.2, 0.25) is 0 Å². The Morgan fingerprint density at radius 3 is 2.31 bits per heavy atom. The van der Waals surface area contributed by atoms with Gasteiger partial charge in [0.2, 0.25) is 5.91 Å². The van der Waals surface area contributed by atoms with E-state index in [0.29, 0.717) is 41.7 Å². The van der Waals surface area contributed by atoms with E-state index >= 15 is 0 Å². The van der Waals surface area contributed by atoms with Gasteiger partial charge in [-0.25, -0.2) is 0 Å². The molecule has 2 amide bonds. The Labute approximate surface area is 168 Å². The van der Waals surface area contributed by atoms with Crippen LogP contribution in [0.3, 0.4) is 0 Å². The summed E-state index contributed by atoms with van der Waals surface area (Å²) in [5.41, 5.74) is 1.88. The minimum absolute atomic E-state index is 0.0159. The van der Waals surface area contributed by atoms with Gasteiger partial charge in [0.05, 0.1) is 6.42 Å². The molecule has 0 fully saturated rings. The lowest BCUT2D eigenvalue weighted by molar-refractivity contribution is -0.152. The third kappa shape index (κ3) is 5.71. The molecular formula is C21H22N2O6. The average molecular weight is 398 g/mol. The molecule has 0 aliphatic carbocycles. The van der Waals surface area contributed by atoms with Crippen molar-refractivity contribution in [1.82, 2.24) is 0 Å². The number of benzene rings is 2.